The van der Waals surface area contributed by atoms with Crippen molar-refractivity contribution in [2.24, 2.45) is 17.8 Å². The Bertz CT molecular complexity index is 389. The van der Waals surface area contributed by atoms with Crippen LogP contribution in [0.1, 0.15) is 26.2 Å². The number of carbonyl (C=O) groups excluding carboxylic acids is 2. The zero-order chi connectivity index (χ0) is 13.3. The summed E-state index contributed by atoms with van der Waals surface area (Å²) < 4.78 is 0. The second kappa shape index (κ2) is 4.92. The lowest BCUT2D eigenvalue weighted by Gasteiger charge is -2.18. The van der Waals surface area contributed by atoms with Gasteiger partial charge in [0.1, 0.15) is 0 Å². The maximum absolute atomic E-state index is 12.1. The lowest BCUT2D eigenvalue weighted by atomic mass is 9.85. The summed E-state index contributed by atoms with van der Waals surface area (Å²) in [4.78, 5) is 36.0. The third-order valence-electron chi connectivity index (χ3n) is 3.62. The Morgan fingerprint density at radius 2 is 1.83 bits per heavy atom. The molecule has 0 spiro atoms. The monoisotopic (exact) mass is 251 g/mol. The Labute approximate surface area is 105 Å². The molecule has 3 unspecified atom stereocenters. The summed E-state index contributed by atoms with van der Waals surface area (Å²) in [5.41, 5.74) is 0. The van der Waals surface area contributed by atoms with E-state index in [0.717, 1.165) is 0 Å². The van der Waals surface area contributed by atoms with Crippen LogP contribution in [-0.4, -0.2) is 34.3 Å². The van der Waals surface area contributed by atoms with Crippen LogP contribution in [0.15, 0.2) is 12.2 Å². The Balaban J connectivity index is 2.04. The summed E-state index contributed by atoms with van der Waals surface area (Å²) in [6, 6.07) is 0. The quantitative estimate of drug-likeness (QED) is 0.598. The highest BCUT2D eigenvalue weighted by Gasteiger charge is 2.47. The molecule has 3 atom stereocenters. The number of rotatable bonds is 4. The minimum Gasteiger partial charge on any atom is -0.481 e. The standard InChI is InChI=1S/C13H17NO4/c1-8(6-11(15)16)7-14-12(17)9-4-2-3-5-10(9)13(14)18/h2-3,8-10H,4-7H2,1H3,(H,15,16). The molecule has 0 aromatic carbocycles. The number of likely N-dealkylation sites (tertiary alicyclic amines) is 1. The lowest BCUT2D eigenvalue weighted by molar-refractivity contribution is -0.143. The molecule has 0 radical (unpaired) electrons. The molecule has 98 valence electrons. The van der Waals surface area contributed by atoms with Crippen LogP contribution in [0.2, 0.25) is 0 Å². The molecule has 1 aliphatic heterocycles. The van der Waals surface area contributed by atoms with Gasteiger partial charge in [-0.1, -0.05) is 19.1 Å². The highest BCUT2D eigenvalue weighted by molar-refractivity contribution is 6.05. The molecule has 1 aliphatic carbocycles. The van der Waals surface area contributed by atoms with Crippen molar-refractivity contribution in [3.05, 3.63) is 12.2 Å². The molecule has 18 heavy (non-hydrogen) atoms. The van der Waals surface area contributed by atoms with E-state index in [2.05, 4.69) is 0 Å². The normalized spacial score (nSPS) is 28.4. The highest BCUT2D eigenvalue weighted by atomic mass is 16.4. The molecule has 2 amide bonds. The van der Waals surface area contributed by atoms with Crippen LogP contribution >= 0.6 is 0 Å². The number of imide groups is 1. The van der Waals surface area contributed by atoms with Crippen molar-refractivity contribution in [2.75, 3.05) is 6.54 Å². The summed E-state index contributed by atoms with van der Waals surface area (Å²) in [7, 11) is 0. The minimum atomic E-state index is -0.902. The molecule has 5 heteroatoms. The number of carboxylic acids is 1. The molecular formula is C13H17NO4. The number of hydrogen-bond donors (Lipinski definition) is 1. The molecule has 1 saturated heterocycles. The van der Waals surface area contributed by atoms with E-state index >= 15 is 0 Å². The molecule has 0 saturated carbocycles. The number of nitrogens with zero attached hydrogens (tertiary/aromatic N) is 1. The van der Waals surface area contributed by atoms with E-state index in [0.29, 0.717) is 12.8 Å². The second-order valence-electron chi connectivity index (χ2n) is 5.15. The van der Waals surface area contributed by atoms with Gasteiger partial charge in [0.25, 0.3) is 0 Å². The minimum absolute atomic E-state index is 0.0232. The summed E-state index contributed by atoms with van der Waals surface area (Å²) in [6.07, 6.45) is 5.11. The molecule has 0 aromatic heterocycles. The second-order valence-corrected chi connectivity index (χ2v) is 5.15. The van der Waals surface area contributed by atoms with Crippen molar-refractivity contribution in [2.45, 2.75) is 26.2 Å². The van der Waals surface area contributed by atoms with Crippen LogP contribution in [0.3, 0.4) is 0 Å². The molecular weight excluding hydrogens is 234 g/mol. The fraction of sp³-hybridized carbons (Fsp3) is 0.615. The first-order valence-electron chi connectivity index (χ1n) is 6.22. The van der Waals surface area contributed by atoms with Gasteiger partial charge in [-0.3, -0.25) is 19.3 Å². The van der Waals surface area contributed by atoms with E-state index in [1.807, 2.05) is 12.2 Å². The third kappa shape index (κ3) is 2.30. The highest BCUT2D eigenvalue weighted by Crippen LogP contribution is 2.35. The van der Waals surface area contributed by atoms with Crippen molar-refractivity contribution in [3.63, 3.8) is 0 Å². The van der Waals surface area contributed by atoms with E-state index in [1.165, 1.54) is 4.90 Å². The summed E-state index contributed by atoms with van der Waals surface area (Å²) in [5, 5.41) is 8.70. The molecule has 0 bridgehead atoms. The van der Waals surface area contributed by atoms with Crippen molar-refractivity contribution >= 4 is 17.8 Å². The van der Waals surface area contributed by atoms with Gasteiger partial charge >= 0.3 is 5.97 Å². The summed E-state index contributed by atoms with van der Waals surface area (Å²) >= 11 is 0. The third-order valence-corrected chi connectivity index (χ3v) is 3.62. The Morgan fingerprint density at radius 3 is 2.28 bits per heavy atom. The molecule has 1 heterocycles. The van der Waals surface area contributed by atoms with Crippen LogP contribution < -0.4 is 0 Å². The molecule has 1 N–H and O–H groups in total. The van der Waals surface area contributed by atoms with E-state index in [4.69, 9.17) is 5.11 Å². The van der Waals surface area contributed by atoms with Gasteiger partial charge < -0.3 is 5.11 Å². The number of amides is 2. The zero-order valence-electron chi connectivity index (χ0n) is 10.3. The van der Waals surface area contributed by atoms with E-state index in [1.54, 1.807) is 6.92 Å². The lowest BCUT2D eigenvalue weighted by Crippen LogP contribution is -2.35. The summed E-state index contributed by atoms with van der Waals surface area (Å²) in [6.45, 7) is 1.96. The number of allylic oxidation sites excluding steroid dienone is 2. The van der Waals surface area contributed by atoms with Crippen LogP contribution in [0.5, 0.6) is 0 Å². The first kappa shape index (κ1) is 12.8. The van der Waals surface area contributed by atoms with Gasteiger partial charge in [0.05, 0.1) is 11.8 Å². The fourth-order valence-corrected chi connectivity index (χ4v) is 2.72. The number of aliphatic carboxylic acids is 1. The first-order valence-corrected chi connectivity index (χ1v) is 6.22. The average Bonchev–Trinajstić information content (AvgIpc) is 2.54. The number of carboxylic acid groups (broad SMARTS) is 1. The van der Waals surface area contributed by atoms with Crippen molar-refractivity contribution in [3.8, 4) is 0 Å². The van der Waals surface area contributed by atoms with Crippen molar-refractivity contribution in [1.82, 2.24) is 4.90 Å². The van der Waals surface area contributed by atoms with Gasteiger partial charge in [0.2, 0.25) is 11.8 Å². The van der Waals surface area contributed by atoms with Crippen LogP contribution in [0.25, 0.3) is 0 Å². The van der Waals surface area contributed by atoms with Gasteiger partial charge in [-0.15, -0.1) is 0 Å². The number of carbonyl (C=O) groups is 3. The van der Waals surface area contributed by atoms with Crippen LogP contribution in [0.4, 0.5) is 0 Å². The molecule has 2 rings (SSSR count). The molecule has 5 nitrogen and oxygen atoms in total. The van der Waals surface area contributed by atoms with Gasteiger partial charge in [-0.05, 0) is 18.8 Å². The van der Waals surface area contributed by atoms with Gasteiger partial charge in [-0.2, -0.15) is 0 Å². The maximum Gasteiger partial charge on any atom is 0.303 e. The average molecular weight is 251 g/mol. The molecule has 2 aliphatic rings. The summed E-state index contributed by atoms with van der Waals surface area (Å²) in [5.74, 6) is -1.82. The van der Waals surface area contributed by atoms with Crippen LogP contribution in [-0.2, 0) is 14.4 Å². The smallest absolute Gasteiger partial charge is 0.303 e. The van der Waals surface area contributed by atoms with E-state index < -0.39 is 5.97 Å². The first-order chi connectivity index (χ1) is 8.50. The largest absolute Gasteiger partial charge is 0.481 e. The number of fused-ring (bicyclic) bond motifs is 1. The Hall–Kier alpha value is -1.65. The maximum atomic E-state index is 12.1. The van der Waals surface area contributed by atoms with Gasteiger partial charge in [0.15, 0.2) is 0 Å². The van der Waals surface area contributed by atoms with Crippen molar-refractivity contribution < 1.29 is 19.5 Å². The predicted octanol–water partition coefficient (Wildman–Crippen LogP) is 1.05. The zero-order valence-corrected chi connectivity index (χ0v) is 10.3. The predicted molar refractivity (Wildman–Crippen MR) is 63.5 cm³/mol. The SMILES string of the molecule is CC(CC(=O)O)CN1C(=O)C2CC=CCC2C1=O. The Morgan fingerprint density at radius 1 is 1.33 bits per heavy atom. The topological polar surface area (TPSA) is 74.7 Å². The van der Waals surface area contributed by atoms with Gasteiger partial charge in [-0.25, -0.2) is 0 Å². The van der Waals surface area contributed by atoms with E-state index in [9.17, 15) is 14.4 Å². The molecule has 0 aromatic rings. The fourth-order valence-electron chi connectivity index (χ4n) is 2.72. The van der Waals surface area contributed by atoms with Crippen molar-refractivity contribution in [1.29, 1.82) is 0 Å². The Kier molecular flexibility index (Phi) is 3.50. The number of hydrogen-bond acceptors (Lipinski definition) is 3. The molecule has 1 fully saturated rings. The van der Waals surface area contributed by atoms with E-state index in [-0.39, 0.29) is 42.5 Å². The van der Waals surface area contributed by atoms with Gasteiger partial charge in [0, 0.05) is 13.0 Å². The van der Waals surface area contributed by atoms with Crippen LogP contribution in [0, 0.1) is 17.8 Å².